The zero-order chi connectivity index (χ0) is 19.0. The number of unbranched alkanes of at least 4 members (excludes halogenated alkanes) is 7. The predicted molar refractivity (Wildman–Crippen MR) is 95.5 cm³/mol. The Bertz CT molecular complexity index is 584. The van der Waals surface area contributed by atoms with E-state index in [2.05, 4.69) is 16.3 Å². The fourth-order valence-electron chi connectivity index (χ4n) is 3.06. The Hall–Kier alpha value is -1.53. The zero-order valence-electron chi connectivity index (χ0n) is 14.7. The summed E-state index contributed by atoms with van der Waals surface area (Å²) >= 11 is 4.63. The molecule has 0 aliphatic carbocycles. The van der Waals surface area contributed by atoms with E-state index in [1.165, 1.54) is 4.90 Å². The average Bonchev–Trinajstić information content (AvgIpc) is 2.83. The fraction of sp³-hybridized carbons (Fsp3) is 0.579. The van der Waals surface area contributed by atoms with Crippen LogP contribution in [0.2, 0.25) is 0 Å². The summed E-state index contributed by atoms with van der Waals surface area (Å²) in [5.74, 6) is -0.398. The normalized spacial score (nSPS) is 14.2. The predicted octanol–water partition coefficient (Wildman–Crippen LogP) is 5.21. The van der Waals surface area contributed by atoms with E-state index in [1.807, 2.05) is 0 Å². The number of amides is 2. The molecule has 1 aliphatic rings. The van der Waals surface area contributed by atoms with Gasteiger partial charge in [-0.1, -0.05) is 50.7 Å². The van der Waals surface area contributed by atoms with Crippen LogP contribution in [-0.4, -0.2) is 35.4 Å². The summed E-state index contributed by atoms with van der Waals surface area (Å²) in [5.41, 5.74) is -2.57. The Morgan fingerprint density at radius 3 is 1.81 bits per heavy atom. The van der Waals surface area contributed by atoms with Crippen molar-refractivity contribution in [3.05, 3.63) is 35.4 Å². The first-order chi connectivity index (χ1) is 12.4. The minimum absolute atomic E-state index is 0.0310. The number of carbonyl (C=O) groups excluding carboxylic acids is 2. The van der Waals surface area contributed by atoms with Crippen LogP contribution in [0.4, 0.5) is 8.78 Å². The number of hydrogen-bond acceptors (Lipinski definition) is 3. The van der Waals surface area contributed by atoms with Gasteiger partial charge < -0.3 is 4.74 Å². The minimum atomic E-state index is -3.56. The van der Waals surface area contributed by atoms with Crippen LogP contribution in [0.25, 0.3) is 0 Å². The average molecular weight is 388 g/mol. The van der Waals surface area contributed by atoms with Gasteiger partial charge in [0.25, 0.3) is 11.8 Å². The molecule has 1 aliphatic heterocycles. The molecule has 0 fully saturated rings. The molecular weight excluding hydrogens is 364 g/mol. The third-order valence-corrected chi connectivity index (χ3v) is 4.53. The molecule has 0 unspecified atom stereocenters. The molecule has 0 atom stereocenters. The quantitative estimate of drug-likeness (QED) is 0.281. The number of rotatable bonds is 12. The molecule has 0 N–H and O–H groups in total. The zero-order valence-corrected chi connectivity index (χ0v) is 15.4. The Morgan fingerprint density at radius 2 is 1.31 bits per heavy atom. The Morgan fingerprint density at radius 1 is 0.846 bits per heavy atom. The number of imide groups is 1. The van der Waals surface area contributed by atoms with Gasteiger partial charge >= 0.3 is 5.57 Å². The molecule has 26 heavy (non-hydrogen) atoms. The van der Waals surface area contributed by atoms with E-state index in [1.54, 1.807) is 24.3 Å². The summed E-state index contributed by atoms with van der Waals surface area (Å²) in [7, 11) is 0. The number of halogens is 3. The van der Waals surface area contributed by atoms with E-state index >= 15 is 0 Å². The first-order valence-electron chi connectivity index (χ1n) is 9.06. The lowest BCUT2D eigenvalue weighted by Crippen LogP contribution is -2.30. The summed E-state index contributed by atoms with van der Waals surface area (Å²) in [5, 5.41) is 0. The smallest absolute Gasteiger partial charge is 0.307 e. The number of alkyl halides is 3. The number of nitrogens with zero attached hydrogens (tertiary/aromatic N) is 1. The number of hydrogen-bond donors (Lipinski definition) is 0. The second-order valence-corrected chi connectivity index (χ2v) is 6.87. The molecule has 1 heterocycles. The van der Waals surface area contributed by atoms with Gasteiger partial charge in [-0.3, -0.25) is 14.5 Å². The maximum Gasteiger partial charge on any atom is 0.440 e. The summed E-state index contributed by atoms with van der Waals surface area (Å²) in [6, 6.07) is 6.91. The number of carbonyl (C=O) groups is 2. The van der Waals surface area contributed by atoms with E-state index in [0.717, 1.165) is 44.9 Å². The van der Waals surface area contributed by atoms with Crippen molar-refractivity contribution >= 4 is 23.4 Å². The van der Waals surface area contributed by atoms with Crippen molar-refractivity contribution in [1.82, 2.24) is 4.90 Å². The highest BCUT2D eigenvalue weighted by Gasteiger charge is 2.34. The van der Waals surface area contributed by atoms with Crippen LogP contribution < -0.4 is 0 Å². The van der Waals surface area contributed by atoms with Gasteiger partial charge in [0.05, 0.1) is 17.7 Å². The van der Waals surface area contributed by atoms with E-state index in [-0.39, 0.29) is 18.4 Å². The highest BCUT2D eigenvalue weighted by Crippen LogP contribution is 2.23. The first kappa shape index (κ1) is 20.8. The maximum absolute atomic E-state index is 12.2. The molecule has 1 aromatic rings. The Labute approximate surface area is 157 Å². The molecule has 2 amide bonds. The Kier molecular flexibility index (Phi) is 7.97. The van der Waals surface area contributed by atoms with Crippen LogP contribution in [0.1, 0.15) is 72.1 Å². The molecule has 0 saturated carbocycles. The topological polar surface area (TPSA) is 46.6 Å². The van der Waals surface area contributed by atoms with Gasteiger partial charge in [-0.15, -0.1) is 0 Å². The standard InChI is InChI=1S/C19H24ClF2NO3/c20-19(21,22)26-14-10-6-4-2-1-3-5-9-13-23-17(24)15-11-7-8-12-16(15)18(23)25/h7-8,11-12H,1-6,9-10,13-14H2. The first-order valence-corrected chi connectivity index (χ1v) is 9.44. The van der Waals surface area contributed by atoms with Gasteiger partial charge in [-0.2, -0.15) is 8.78 Å². The Balaban J connectivity index is 1.49. The van der Waals surface area contributed by atoms with E-state index in [9.17, 15) is 18.4 Å². The highest BCUT2D eigenvalue weighted by atomic mass is 35.5. The van der Waals surface area contributed by atoms with Gasteiger partial charge in [0.1, 0.15) is 0 Å². The van der Waals surface area contributed by atoms with Gasteiger partial charge in [0.15, 0.2) is 0 Å². The van der Waals surface area contributed by atoms with Crippen LogP contribution >= 0.6 is 11.6 Å². The van der Waals surface area contributed by atoms with Crippen LogP contribution in [0.5, 0.6) is 0 Å². The molecule has 0 spiro atoms. The van der Waals surface area contributed by atoms with Crippen LogP contribution in [0.15, 0.2) is 24.3 Å². The lowest BCUT2D eigenvalue weighted by atomic mass is 10.1. The minimum Gasteiger partial charge on any atom is -0.307 e. The summed E-state index contributed by atoms with van der Waals surface area (Å²) in [6.45, 7) is 0.424. The van der Waals surface area contributed by atoms with Gasteiger partial charge in [-0.05, 0) is 36.6 Å². The van der Waals surface area contributed by atoms with Gasteiger partial charge in [0, 0.05) is 6.54 Å². The van der Waals surface area contributed by atoms with Crippen molar-refractivity contribution < 1.29 is 23.1 Å². The van der Waals surface area contributed by atoms with Crippen molar-refractivity contribution in [2.24, 2.45) is 0 Å². The number of ether oxygens (including phenoxy) is 1. The molecule has 144 valence electrons. The molecule has 0 aromatic heterocycles. The third-order valence-electron chi connectivity index (χ3n) is 4.42. The third kappa shape index (κ3) is 6.32. The maximum atomic E-state index is 12.2. The molecule has 4 nitrogen and oxygen atoms in total. The largest absolute Gasteiger partial charge is 0.440 e. The van der Waals surface area contributed by atoms with Crippen molar-refractivity contribution in [2.45, 2.75) is 56.9 Å². The molecule has 7 heteroatoms. The summed E-state index contributed by atoms with van der Waals surface area (Å²) in [4.78, 5) is 25.7. The summed E-state index contributed by atoms with van der Waals surface area (Å²) < 4.78 is 28.6. The van der Waals surface area contributed by atoms with Gasteiger partial charge in [-0.25, -0.2) is 0 Å². The highest BCUT2D eigenvalue weighted by molar-refractivity contribution is 6.21. The lowest BCUT2D eigenvalue weighted by Gasteiger charge is -2.13. The van der Waals surface area contributed by atoms with E-state index in [0.29, 0.717) is 24.1 Å². The van der Waals surface area contributed by atoms with Crippen molar-refractivity contribution in [1.29, 1.82) is 0 Å². The van der Waals surface area contributed by atoms with Crippen LogP contribution in [0.3, 0.4) is 0 Å². The molecule has 2 rings (SSSR count). The van der Waals surface area contributed by atoms with E-state index < -0.39 is 5.57 Å². The van der Waals surface area contributed by atoms with E-state index in [4.69, 9.17) is 0 Å². The van der Waals surface area contributed by atoms with Crippen LogP contribution in [0, 0.1) is 0 Å². The molecule has 0 radical (unpaired) electrons. The van der Waals surface area contributed by atoms with Crippen molar-refractivity contribution in [3.8, 4) is 0 Å². The molecule has 0 bridgehead atoms. The lowest BCUT2D eigenvalue weighted by molar-refractivity contribution is -0.170. The monoisotopic (exact) mass is 387 g/mol. The van der Waals surface area contributed by atoms with Crippen molar-refractivity contribution in [3.63, 3.8) is 0 Å². The van der Waals surface area contributed by atoms with Crippen LogP contribution in [-0.2, 0) is 4.74 Å². The SMILES string of the molecule is O=C1c2ccccc2C(=O)N1CCCCCCCCCCOC(F)(F)Cl. The molecule has 0 saturated heterocycles. The number of fused-ring (bicyclic) bond motifs is 1. The summed E-state index contributed by atoms with van der Waals surface area (Å²) in [6.07, 6.45) is 7.23. The van der Waals surface area contributed by atoms with Gasteiger partial charge in [0.2, 0.25) is 0 Å². The fourth-order valence-corrected chi connectivity index (χ4v) is 3.14. The number of benzene rings is 1. The second-order valence-electron chi connectivity index (χ2n) is 6.43. The second kappa shape index (κ2) is 9.97. The molecule has 1 aromatic carbocycles. The molecular formula is C19H24ClF2NO3. The van der Waals surface area contributed by atoms with Crippen molar-refractivity contribution in [2.75, 3.05) is 13.2 Å².